The lowest BCUT2D eigenvalue weighted by atomic mass is 10.2. The van der Waals surface area contributed by atoms with E-state index in [0.29, 0.717) is 22.9 Å². The standard InChI is InChI=1S/C11H15ClO3S/c1-4-7-15-11-8(2)9(12)5-6-10(11)16(3,13)14/h5-6H,4,7H2,1-3H3. The average molecular weight is 263 g/mol. The molecule has 0 aromatic heterocycles. The predicted octanol–water partition coefficient (Wildman–Crippen LogP) is 2.84. The first kappa shape index (κ1) is 13.3. The van der Waals surface area contributed by atoms with Crippen LogP contribution in [0, 0.1) is 6.92 Å². The molecule has 0 heterocycles. The molecule has 1 aromatic rings. The number of hydrogen-bond donors (Lipinski definition) is 0. The van der Waals surface area contributed by atoms with Gasteiger partial charge in [-0.05, 0) is 25.5 Å². The van der Waals surface area contributed by atoms with E-state index in [-0.39, 0.29) is 4.90 Å². The van der Waals surface area contributed by atoms with Crippen LogP contribution >= 0.6 is 11.6 Å². The molecule has 0 saturated heterocycles. The Kier molecular flexibility index (Phi) is 4.21. The summed E-state index contributed by atoms with van der Waals surface area (Å²) in [6.45, 7) is 4.19. The first-order chi connectivity index (χ1) is 7.38. The van der Waals surface area contributed by atoms with Crippen LogP contribution in [0.5, 0.6) is 5.75 Å². The Bertz CT molecular complexity index is 480. The molecular formula is C11H15ClO3S. The van der Waals surface area contributed by atoms with E-state index in [1.807, 2.05) is 6.92 Å². The number of ether oxygens (including phenoxy) is 1. The summed E-state index contributed by atoms with van der Waals surface area (Å²) in [6.07, 6.45) is 1.98. The van der Waals surface area contributed by atoms with Crippen LogP contribution in [0.4, 0.5) is 0 Å². The van der Waals surface area contributed by atoms with E-state index in [1.165, 1.54) is 6.07 Å². The molecule has 0 N–H and O–H groups in total. The highest BCUT2D eigenvalue weighted by Gasteiger charge is 2.18. The minimum absolute atomic E-state index is 0.197. The molecule has 0 unspecified atom stereocenters. The summed E-state index contributed by atoms with van der Waals surface area (Å²) in [7, 11) is -3.29. The largest absolute Gasteiger partial charge is 0.492 e. The van der Waals surface area contributed by atoms with Crippen LogP contribution in [-0.2, 0) is 9.84 Å². The third-order valence-electron chi connectivity index (χ3n) is 2.15. The van der Waals surface area contributed by atoms with Gasteiger partial charge in [-0.2, -0.15) is 0 Å². The maximum atomic E-state index is 11.6. The summed E-state index contributed by atoms with van der Waals surface area (Å²) < 4.78 is 28.6. The molecule has 0 saturated carbocycles. The first-order valence-electron chi connectivity index (χ1n) is 5.00. The van der Waals surface area contributed by atoms with E-state index in [0.717, 1.165) is 12.7 Å². The molecule has 0 aliphatic heterocycles. The van der Waals surface area contributed by atoms with Gasteiger partial charge in [-0.3, -0.25) is 0 Å². The molecule has 1 aromatic carbocycles. The van der Waals surface area contributed by atoms with Crippen LogP contribution in [0.15, 0.2) is 17.0 Å². The lowest BCUT2D eigenvalue weighted by molar-refractivity contribution is 0.307. The van der Waals surface area contributed by atoms with Crippen molar-refractivity contribution in [3.8, 4) is 5.75 Å². The lowest BCUT2D eigenvalue weighted by Gasteiger charge is -2.13. The van der Waals surface area contributed by atoms with Gasteiger partial charge in [-0.1, -0.05) is 18.5 Å². The summed E-state index contributed by atoms with van der Waals surface area (Å²) in [5, 5.41) is 0.513. The van der Waals surface area contributed by atoms with Crippen molar-refractivity contribution < 1.29 is 13.2 Å². The fourth-order valence-electron chi connectivity index (χ4n) is 1.32. The maximum absolute atomic E-state index is 11.6. The van der Waals surface area contributed by atoms with Crippen LogP contribution in [0.25, 0.3) is 0 Å². The molecular weight excluding hydrogens is 248 g/mol. The molecule has 3 nitrogen and oxygen atoms in total. The van der Waals surface area contributed by atoms with Crippen LogP contribution in [0.1, 0.15) is 18.9 Å². The molecule has 16 heavy (non-hydrogen) atoms. The number of halogens is 1. The molecule has 90 valence electrons. The second-order valence-electron chi connectivity index (χ2n) is 3.62. The van der Waals surface area contributed by atoms with Crippen molar-refractivity contribution in [1.29, 1.82) is 0 Å². The van der Waals surface area contributed by atoms with Crippen LogP contribution in [-0.4, -0.2) is 21.3 Å². The zero-order valence-electron chi connectivity index (χ0n) is 9.58. The number of benzene rings is 1. The second kappa shape index (κ2) is 5.06. The normalized spacial score (nSPS) is 11.5. The van der Waals surface area contributed by atoms with E-state index < -0.39 is 9.84 Å². The Balaban J connectivity index is 3.33. The summed E-state index contributed by atoms with van der Waals surface area (Å²) in [5.74, 6) is 0.372. The highest BCUT2D eigenvalue weighted by Crippen LogP contribution is 2.32. The molecule has 0 fully saturated rings. The minimum atomic E-state index is -3.29. The Labute approximate surface area is 101 Å². The van der Waals surface area contributed by atoms with E-state index in [9.17, 15) is 8.42 Å². The van der Waals surface area contributed by atoms with Crippen molar-refractivity contribution >= 4 is 21.4 Å². The van der Waals surface area contributed by atoms with Gasteiger partial charge in [-0.25, -0.2) is 8.42 Å². The SMILES string of the molecule is CCCOc1c(S(C)(=O)=O)ccc(Cl)c1C. The van der Waals surface area contributed by atoms with Crippen LogP contribution < -0.4 is 4.74 Å². The van der Waals surface area contributed by atoms with Gasteiger partial charge in [0.05, 0.1) is 6.61 Å². The molecule has 0 aliphatic rings. The molecule has 0 spiro atoms. The fourth-order valence-corrected chi connectivity index (χ4v) is 2.33. The third-order valence-corrected chi connectivity index (χ3v) is 3.68. The second-order valence-corrected chi connectivity index (χ2v) is 6.01. The molecule has 0 atom stereocenters. The summed E-state index contributed by atoms with van der Waals surface area (Å²) in [6, 6.07) is 3.06. The smallest absolute Gasteiger partial charge is 0.179 e. The monoisotopic (exact) mass is 262 g/mol. The van der Waals surface area contributed by atoms with Gasteiger partial charge < -0.3 is 4.74 Å². The molecule has 5 heteroatoms. The Morgan fingerprint density at radius 2 is 2.00 bits per heavy atom. The zero-order chi connectivity index (χ0) is 12.3. The fraction of sp³-hybridized carbons (Fsp3) is 0.455. The van der Waals surface area contributed by atoms with Crippen LogP contribution in [0.2, 0.25) is 5.02 Å². The van der Waals surface area contributed by atoms with E-state index in [1.54, 1.807) is 13.0 Å². The molecule has 0 aliphatic carbocycles. The van der Waals surface area contributed by atoms with Crippen molar-refractivity contribution in [2.45, 2.75) is 25.2 Å². The summed E-state index contributed by atoms with van der Waals surface area (Å²) in [4.78, 5) is 0.197. The number of hydrogen-bond acceptors (Lipinski definition) is 3. The van der Waals surface area contributed by atoms with E-state index >= 15 is 0 Å². The Morgan fingerprint density at radius 3 is 2.50 bits per heavy atom. The van der Waals surface area contributed by atoms with Gasteiger partial charge in [0.25, 0.3) is 0 Å². The highest BCUT2D eigenvalue weighted by molar-refractivity contribution is 7.90. The lowest BCUT2D eigenvalue weighted by Crippen LogP contribution is -2.05. The third kappa shape index (κ3) is 2.89. The summed E-state index contributed by atoms with van der Waals surface area (Å²) in [5.41, 5.74) is 0.665. The van der Waals surface area contributed by atoms with Crippen molar-refractivity contribution in [2.24, 2.45) is 0 Å². The predicted molar refractivity (Wildman–Crippen MR) is 65.1 cm³/mol. The van der Waals surface area contributed by atoms with Crippen molar-refractivity contribution in [1.82, 2.24) is 0 Å². The quantitative estimate of drug-likeness (QED) is 0.838. The van der Waals surface area contributed by atoms with Crippen molar-refractivity contribution in [2.75, 3.05) is 12.9 Å². The van der Waals surface area contributed by atoms with Gasteiger partial charge in [0.2, 0.25) is 0 Å². The first-order valence-corrected chi connectivity index (χ1v) is 7.26. The molecule has 0 radical (unpaired) electrons. The highest BCUT2D eigenvalue weighted by atomic mass is 35.5. The van der Waals surface area contributed by atoms with Crippen molar-refractivity contribution in [3.63, 3.8) is 0 Å². The van der Waals surface area contributed by atoms with E-state index in [2.05, 4.69) is 0 Å². The topological polar surface area (TPSA) is 43.4 Å². The molecule has 0 bridgehead atoms. The van der Waals surface area contributed by atoms with Crippen LogP contribution in [0.3, 0.4) is 0 Å². The average Bonchev–Trinajstić information content (AvgIpc) is 2.18. The maximum Gasteiger partial charge on any atom is 0.179 e. The van der Waals surface area contributed by atoms with Gasteiger partial charge in [0, 0.05) is 16.8 Å². The zero-order valence-corrected chi connectivity index (χ0v) is 11.2. The van der Waals surface area contributed by atoms with Crippen molar-refractivity contribution in [3.05, 3.63) is 22.7 Å². The van der Waals surface area contributed by atoms with Gasteiger partial charge in [0.15, 0.2) is 9.84 Å². The molecule has 1 rings (SSSR count). The van der Waals surface area contributed by atoms with Gasteiger partial charge in [-0.15, -0.1) is 0 Å². The Hall–Kier alpha value is -0.740. The van der Waals surface area contributed by atoms with E-state index in [4.69, 9.17) is 16.3 Å². The molecule has 0 amide bonds. The summed E-state index contributed by atoms with van der Waals surface area (Å²) >= 11 is 5.94. The van der Waals surface area contributed by atoms with Gasteiger partial charge >= 0.3 is 0 Å². The minimum Gasteiger partial charge on any atom is -0.492 e. The number of rotatable bonds is 4. The number of sulfone groups is 1. The Morgan fingerprint density at radius 1 is 1.38 bits per heavy atom. The van der Waals surface area contributed by atoms with Gasteiger partial charge in [0.1, 0.15) is 10.6 Å².